The average Bonchev–Trinajstić information content (AvgIpc) is 2.85. The van der Waals surface area contributed by atoms with Gasteiger partial charge in [-0.15, -0.1) is 0 Å². The van der Waals surface area contributed by atoms with E-state index in [0.717, 1.165) is 5.75 Å². The third kappa shape index (κ3) is 3.40. The molecular weight excluding hydrogens is 244 g/mol. The summed E-state index contributed by atoms with van der Waals surface area (Å²) < 4.78 is 5.65. The highest BCUT2D eigenvalue weighted by molar-refractivity contribution is 7.99. The summed E-state index contributed by atoms with van der Waals surface area (Å²) in [5.41, 5.74) is 4.22. The van der Waals surface area contributed by atoms with Crippen molar-refractivity contribution in [3.05, 3.63) is 29.8 Å². The Bertz CT molecular complexity index is 361. The molecule has 0 aromatic heterocycles. The lowest BCUT2D eigenvalue weighted by Gasteiger charge is -2.22. The van der Waals surface area contributed by atoms with E-state index in [1.54, 1.807) is 0 Å². The van der Waals surface area contributed by atoms with Gasteiger partial charge in [-0.1, -0.05) is 12.1 Å². The highest BCUT2D eigenvalue weighted by Crippen LogP contribution is 2.34. The maximum atomic E-state index is 5.71. The second kappa shape index (κ2) is 6.45. The zero-order valence-corrected chi connectivity index (χ0v) is 11.9. The minimum absolute atomic E-state index is 0.213. The molecule has 0 spiro atoms. The second-order valence-electron chi connectivity index (χ2n) is 5.00. The van der Waals surface area contributed by atoms with Crippen LogP contribution in [0.25, 0.3) is 0 Å². The third-order valence-corrected chi connectivity index (χ3v) is 4.42. The predicted octanol–water partition coefficient (Wildman–Crippen LogP) is 2.73. The minimum atomic E-state index is 0.213. The Kier molecular flexibility index (Phi) is 4.92. The van der Waals surface area contributed by atoms with E-state index in [4.69, 9.17) is 10.6 Å². The summed E-state index contributed by atoms with van der Waals surface area (Å²) in [5, 5.41) is 0. The molecular formula is C14H22N2OS. The van der Waals surface area contributed by atoms with Crippen molar-refractivity contribution in [1.29, 1.82) is 0 Å². The zero-order valence-electron chi connectivity index (χ0n) is 11.1. The number of ether oxygens (including phenoxy) is 1. The van der Waals surface area contributed by atoms with Crippen LogP contribution >= 0.6 is 11.8 Å². The maximum absolute atomic E-state index is 5.71. The highest BCUT2D eigenvalue weighted by Gasteiger charge is 2.25. The van der Waals surface area contributed by atoms with Gasteiger partial charge in [0, 0.05) is 6.04 Å². The third-order valence-electron chi connectivity index (χ3n) is 3.23. The van der Waals surface area contributed by atoms with Crippen LogP contribution in [0, 0.1) is 5.92 Å². The molecule has 3 nitrogen and oxygen atoms in total. The van der Waals surface area contributed by atoms with Crippen LogP contribution in [-0.4, -0.2) is 17.6 Å². The molecule has 18 heavy (non-hydrogen) atoms. The average molecular weight is 266 g/mol. The number of rotatable bonds is 5. The number of hydrogen-bond donors (Lipinski definition) is 2. The van der Waals surface area contributed by atoms with Crippen LogP contribution in [0.1, 0.15) is 31.9 Å². The summed E-state index contributed by atoms with van der Waals surface area (Å²) in [4.78, 5) is 0. The number of nitrogens with two attached hydrogens (primary N) is 1. The van der Waals surface area contributed by atoms with Crippen LogP contribution in [0.3, 0.4) is 0 Å². The molecule has 0 radical (unpaired) electrons. The fourth-order valence-electron chi connectivity index (χ4n) is 2.35. The van der Waals surface area contributed by atoms with Crippen molar-refractivity contribution >= 4 is 11.8 Å². The van der Waals surface area contributed by atoms with Crippen molar-refractivity contribution in [1.82, 2.24) is 5.43 Å². The Morgan fingerprint density at radius 2 is 2.06 bits per heavy atom. The van der Waals surface area contributed by atoms with Gasteiger partial charge in [-0.05, 0) is 55.4 Å². The van der Waals surface area contributed by atoms with Crippen molar-refractivity contribution in [2.24, 2.45) is 11.8 Å². The normalized spacial score (nSPS) is 21.2. The molecule has 1 aliphatic heterocycles. The van der Waals surface area contributed by atoms with Crippen LogP contribution in [0.2, 0.25) is 0 Å². The standard InChI is InChI=1S/C14H22N2OS/c1-10(2)17-13-5-3-11(4-6-13)14(16-15)12-7-8-18-9-12/h3-6,10,12,14,16H,7-9,15H2,1-2H3. The molecule has 0 saturated carbocycles. The molecule has 0 aliphatic carbocycles. The first-order chi connectivity index (χ1) is 8.70. The predicted molar refractivity (Wildman–Crippen MR) is 77.7 cm³/mol. The van der Waals surface area contributed by atoms with Gasteiger partial charge in [0.2, 0.25) is 0 Å². The fraction of sp³-hybridized carbons (Fsp3) is 0.571. The van der Waals surface area contributed by atoms with Gasteiger partial charge in [0.1, 0.15) is 5.75 Å². The Morgan fingerprint density at radius 3 is 2.56 bits per heavy atom. The van der Waals surface area contributed by atoms with E-state index in [2.05, 4.69) is 17.6 Å². The Hall–Kier alpha value is -0.710. The van der Waals surface area contributed by atoms with E-state index in [1.807, 2.05) is 37.7 Å². The van der Waals surface area contributed by atoms with E-state index >= 15 is 0 Å². The van der Waals surface area contributed by atoms with E-state index in [1.165, 1.54) is 23.5 Å². The van der Waals surface area contributed by atoms with Gasteiger partial charge in [-0.3, -0.25) is 11.3 Å². The van der Waals surface area contributed by atoms with Gasteiger partial charge in [0.25, 0.3) is 0 Å². The zero-order chi connectivity index (χ0) is 13.0. The van der Waals surface area contributed by atoms with Gasteiger partial charge >= 0.3 is 0 Å². The summed E-state index contributed by atoms with van der Waals surface area (Å²) >= 11 is 2.01. The summed E-state index contributed by atoms with van der Waals surface area (Å²) in [7, 11) is 0. The summed E-state index contributed by atoms with van der Waals surface area (Å²) in [6, 6.07) is 8.55. The lowest BCUT2D eigenvalue weighted by Crippen LogP contribution is -2.33. The van der Waals surface area contributed by atoms with Crippen molar-refractivity contribution in [2.45, 2.75) is 32.4 Å². The quantitative estimate of drug-likeness (QED) is 0.635. The maximum Gasteiger partial charge on any atom is 0.119 e. The van der Waals surface area contributed by atoms with Crippen molar-refractivity contribution in [2.75, 3.05) is 11.5 Å². The molecule has 3 N–H and O–H groups in total. The molecule has 1 fully saturated rings. The number of benzene rings is 1. The number of hydrogen-bond acceptors (Lipinski definition) is 4. The Morgan fingerprint density at radius 1 is 1.33 bits per heavy atom. The first kappa shape index (κ1) is 13.7. The lowest BCUT2D eigenvalue weighted by molar-refractivity contribution is 0.242. The van der Waals surface area contributed by atoms with Crippen LogP contribution in [0.5, 0.6) is 5.75 Å². The molecule has 1 saturated heterocycles. The molecule has 0 bridgehead atoms. The molecule has 2 atom stereocenters. The van der Waals surface area contributed by atoms with Crippen LogP contribution in [-0.2, 0) is 0 Å². The van der Waals surface area contributed by atoms with Crippen LogP contribution < -0.4 is 16.0 Å². The molecule has 2 rings (SSSR count). The van der Waals surface area contributed by atoms with Crippen molar-refractivity contribution in [3.8, 4) is 5.75 Å². The number of hydrazine groups is 1. The molecule has 100 valence electrons. The largest absolute Gasteiger partial charge is 0.491 e. The molecule has 1 aliphatic rings. The smallest absolute Gasteiger partial charge is 0.119 e. The second-order valence-corrected chi connectivity index (χ2v) is 6.15. The van der Waals surface area contributed by atoms with E-state index in [0.29, 0.717) is 5.92 Å². The summed E-state index contributed by atoms with van der Waals surface area (Å²) in [6.45, 7) is 4.07. The van der Waals surface area contributed by atoms with Gasteiger partial charge in [0.15, 0.2) is 0 Å². The van der Waals surface area contributed by atoms with Crippen molar-refractivity contribution in [3.63, 3.8) is 0 Å². The first-order valence-electron chi connectivity index (χ1n) is 6.51. The fourth-order valence-corrected chi connectivity index (χ4v) is 3.64. The van der Waals surface area contributed by atoms with Gasteiger partial charge in [-0.2, -0.15) is 11.8 Å². The Balaban J connectivity index is 2.06. The molecule has 1 heterocycles. The monoisotopic (exact) mass is 266 g/mol. The molecule has 1 aromatic rings. The Labute approximate surface area is 113 Å². The molecule has 4 heteroatoms. The minimum Gasteiger partial charge on any atom is -0.491 e. The van der Waals surface area contributed by atoms with E-state index < -0.39 is 0 Å². The first-order valence-corrected chi connectivity index (χ1v) is 7.66. The van der Waals surface area contributed by atoms with Gasteiger partial charge in [-0.25, -0.2) is 0 Å². The number of thioether (sulfide) groups is 1. The summed E-state index contributed by atoms with van der Waals surface area (Å²) in [6.07, 6.45) is 1.45. The lowest BCUT2D eigenvalue weighted by atomic mass is 9.93. The molecule has 2 unspecified atom stereocenters. The van der Waals surface area contributed by atoms with E-state index in [9.17, 15) is 0 Å². The van der Waals surface area contributed by atoms with Crippen LogP contribution in [0.4, 0.5) is 0 Å². The van der Waals surface area contributed by atoms with Gasteiger partial charge in [0.05, 0.1) is 6.10 Å². The molecule has 0 amide bonds. The number of nitrogens with one attached hydrogen (secondary N) is 1. The van der Waals surface area contributed by atoms with Crippen molar-refractivity contribution < 1.29 is 4.74 Å². The van der Waals surface area contributed by atoms with Crippen LogP contribution in [0.15, 0.2) is 24.3 Å². The SMILES string of the molecule is CC(C)Oc1ccc(C(NN)C2CCSC2)cc1. The summed E-state index contributed by atoms with van der Waals surface area (Å²) in [5.74, 6) is 9.71. The molecule has 1 aromatic carbocycles. The van der Waals surface area contributed by atoms with E-state index in [-0.39, 0.29) is 12.1 Å². The highest BCUT2D eigenvalue weighted by atomic mass is 32.2. The topological polar surface area (TPSA) is 47.3 Å². The van der Waals surface area contributed by atoms with Gasteiger partial charge < -0.3 is 4.74 Å².